The highest BCUT2D eigenvalue weighted by Gasteiger charge is 2.45. The minimum absolute atomic E-state index is 0.394. The summed E-state index contributed by atoms with van der Waals surface area (Å²) in [6.45, 7) is 3.57. The number of ketones is 1. The summed E-state index contributed by atoms with van der Waals surface area (Å²) in [6.07, 6.45) is -8.81. The van der Waals surface area contributed by atoms with Gasteiger partial charge in [0.2, 0.25) is 5.78 Å². The van der Waals surface area contributed by atoms with Crippen LogP contribution in [0.25, 0.3) is 0 Å². The second kappa shape index (κ2) is 6.33. The number of rotatable bonds is 6. The van der Waals surface area contributed by atoms with Gasteiger partial charge in [-0.15, -0.1) is 0 Å². The second-order valence-corrected chi connectivity index (χ2v) is 4.89. The zero-order valence-corrected chi connectivity index (χ0v) is 12.0. The van der Waals surface area contributed by atoms with Crippen molar-refractivity contribution in [2.45, 2.75) is 38.9 Å². The third kappa shape index (κ3) is 4.19. The molecule has 8 heteroatoms. The molecule has 0 aromatic heterocycles. The summed E-state index contributed by atoms with van der Waals surface area (Å²) < 4.78 is 59.2. The quantitative estimate of drug-likeness (QED) is 0.457. The number of Topliss-reactive ketones (excluding diaryl/α,β-unsaturated/α-hetero) is 1. The maximum absolute atomic E-state index is 13.0. The van der Waals surface area contributed by atoms with Crippen LogP contribution in [0.4, 0.5) is 17.6 Å². The molecule has 0 N–H and O–H groups in total. The van der Waals surface area contributed by atoms with Crippen molar-refractivity contribution in [1.82, 2.24) is 0 Å². The topological polar surface area (TPSA) is 52.6 Å². The number of para-hydroxylation sites is 1. The number of esters is 1. The van der Waals surface area contributed by atoms with Crippen molar-refractivity contribution in [2.75, 3.05) is 0 Å². The summed E-state index contributed by atoms with van der Waals surface area (Å²) in [5.74, 6) is -2.34. The van der Waals surface area contributed by atoms with Gasteiger partial charge in [-0.2, -0.15) is 17.6 Å². The molecule has 0 saturated heterocycles. The average Bonchev–Trinajstić information content (AvgIpc) is 2.36. The zero-order chi connectivity index (χ0) is 17.1. The largest absolute Gasteiger partial charge is 0.461 e. The zero-order valence-electron chi connectivity index (χ0n) is 12.0. The number of carbonyl (C=O) groups is 2. The van der Waals surface area contributed by atoms with Crippen LogP contribution in [-0.4, -0.2) is 29.9 Å². The molecule has 0 heterocycles. The molecule has 0 saturated carbocycles. The minimum Gasteiger partial charge on any atom is -0.451 e. The molecule has 4 nitrogen and oxygen atoms in total. The normalized spacial score (nSPS) is 12.2. The van der Waals surface area contributed by atoms with E-state index in [0.717, 1.165) is 19.1 Å². The van der Waals surface area contributed by atoms with Gasteiger partial charge >= 0.3 is 18.5 Å². The molecule has 0 radical (unpaired) electrons. The predicted molar refractivity (Wildman–Crippen MR) is 68.2 cm³/mol. The number of ether oxygens (including phenoxy) is 2. The third-order valence-corrected chi connectivity index (χ3v) is 2.58. The molecule has 0 fully saturated rings. The number of halogens is 4. The lowest BCUT2D eigenvalue weighted by atomic mass is 9.95. The highest BCUT2D eigenvalue weighted by molar-refractivity contribution is 6.04. The van der Waals surface area contributed by atoms with E-state index in [0.29, 0.717) is 0 Å². The van der Waals surface area contributed by atoms with Crippen LogP contribution in [0.1, 0.15) is 31.1 Å². The molecular formula is C14H14F4O4. The van der Waals surface area contributed by atoms with Crippen molar-refractivity contribution in [1.29, 1.82) is 0 Å². The van der Waals surface area contributed by atoms with Crippen LogP contribution in [0, 0.1) is 0 Å². The van der Waals surface area contributed by atoms with Crippen molar-refractivity contribution in [3.8, 4) is 5.75 Å². The van der Waals surface area contributed by atoms with Gasteiger partial charge < -0.3 is 9.47 Å². The Morgan fingerprint density at radius 1 is 1.14 bits per heavy atom. The SMILES string of the molecule is CC(=O)OC(C)(C)C(=O)c1ccccc1OC(F)(F)C(F)F. The maximum Gasteiger partial charge on any atom is 0.461 e. The van der Waals surface area contributed by atoms with E-state index in [2.05, 4.69) is 4.74 Å². The monoisotopic (exact) mass is 322 g/mol. The van der Waals surface area contributed by atoms with Gasteiger partial charge in [0.25, 0.3) is 0 Å². The van der Waals surface area contributed by atoms with Crippen LogP contribution in [0.2, 0.25) is 0 Å². The number of carbonyl (C=O) groups excluding carboxylic acids is 2. The second-order valence-electron chi connectivity index (χ2n) is 4.89. The van der Waals surface area contributed by atoms with E-state index >= 15 is 0 Å². The van der Waals surface area contributed by atoms with Crippen LogP contribution in [0.3, 0.4) is 0 Å². The van der Waals surface area contributed by atoms with Gasteiger partial charge in [0, 0.05) is 6.92 Å². The lowest BCUT2D eigenvalue weighted by Crippen LogP contribution is -2.38. The van der Waals surface area contributed by atoms with E-state index in [9.17, 15) is 27.2 Å². The first-order chi connectivity index (χ1) is 9.97. The maximum atomic E-state index is 13.0. The van der Waals surface area contributed by atoms with Gasteiger partial charge in [-0.25, -0.2) is 0 Å². The fourth-order valence-corrected chi connectivity index (χ4v) is 1.66. The Hall–Kier alpha value is -2.12. The third-order valence-electron chi connectivity index (χ3n) is 2.58. The molecule has 1 aromatic carbocycles. The fraction of sp³-hybridized carbons (Fsp3) is 0.429. The molecule has 0 bridgehead atoms. The summed E-state index contributed by atoms with van der Waals surface area (Å²) >= 11 is 0. The molecule has 22 heavy (non-hydrogen) atoms. The van der Waals surface area contributed by atoms with Crippen LogP contribution in [0.15, 0.2) is 24.3 Å². The van der Waals surface area contributed by atoms with Crippen LogP contribution >= 0.6 is 0 Å². The van der Waals surface area contributed by atoms with E-state index in [4.69, 9.17) is 4.74 Å². The molecule has 0 atom stereocenters. The Labute approximate surface area is 124 Å². The highest BCUT2D eigenvalue weighted by atomic mass is 19.3. The van der Waals surface area contributed by atoms with Crippen LogP contribution < -0.4 is 4.74 Å². The summed E-state index contributed by atoms with van der Waals surface area (Å²) in [5.41, 5.74) is -2.06. The van der Waals surface area contributed by atoms with Crippen molar-refractivity contribution in [3.05, 3.63) is 29.8 Å². The first kappa shape index (κ1) is 17.9. The molecule has 0 aliphatic carbocycles. The summed E-state index contributed by atoms with van der Waals surface area (Å²) in [7, 11) is 0. The molecule has 1 rings (SSSR count). The summed E-state index contributed by atoms with van der Waals surface area (Å²) in [6, 6.07) is 4.65. The molecule has 0 aliphatic heterocycles. The Morgan fingerprint density at radius 2 is 1.68 bits per heavy atom. The molecule has 122 valence electrons. The minimum atomic E-state index is -4.75. The smallest absolute Gasteiger partial charge is 0.451 e. The number of benzene rings is 1. The van der Waals surface area contributed by atoms with Crippen molar-refractivity contribution in [2.24, 2.45) is 0 Å². The first-order valence-corrected chi connectivity index (χ1v) is 6.16. The average molecular weight is 322 g/mol. The molecule has 0 amide bonds. The van der Waals surface area contributed by atoms with Gasteiger partial charge in [-0.1, -0.05) is 12.1 Å². The molecule has 0 aliphatic rings. The van der Waals surface area contributed by atoms with Gasteiger partial charge in [-0.3, -0.25) is 9.59 Å². The van der Waals surface area contributed by atoms with E-state index in [-0.39, 0.29) is 0 Å². The lowest BCUT2D eigenvalue weighted by Gasteiger charge is -2.25. The van der Waals surface area contributed by atoms with Gasteiger partial charge in [0.05, 0.1) is 5.56 Å². The summed E-state index contributed by atoms with van der Waals surface area (Å²) in [5, 5.41) is 0. The summed E-state index contributed by atoms with van der Waals surface area (Å²) in [4.78, 5) is 23.3. The van der Waals surface area contributed by atoms with Crippen LogP contribution in [0.5, 0.6) is 5.75 Å². The van der Waals surface area contributed by atoms with Crippen LogP contribution in [-0.2, 0) is 9.53 Å². The number of alkyl halides is 4. The molecule has 0 spiro atoms. The van der Waals surface area contributed by atoms with E-state index in [1.54, 1.807) is 0 Å². The van der Waals surface area contributed by atoms with E-state index in [1.807, 2.05) is 0 Å². The molecule has 0 unspecified atom stereocenters. The van der Waals surface area contributed by atoms with E-state index in [1.165, 1.54) is 26.0 Å². The van der Waals surface area contributed by atoms with Gasteiger partial charge in [0.1, 0.15) is 5.75 Å². The first-order valence-electron chi connectivity index (χ1n) is 6.16. The Kier molecular flexibility index (Phi) is 5.16. The Morgan fingerprint density at radius 3 is 2.18 bits per heavy atom. The molecule has 1 aromatic rings. The predicted octanol–water partition coefficient (Wildman–Crippen LogP) is 3.45. The van der Waals surface area contributed by atoms with Crippen molar-refractivity contribution in [3.63, 3.8) is 0 Å². The van der Waals surface area contributed by atoms with Crippen molar-refractivity contribution < 1.29 is 36.6 Å². The molecular weight excluding hydrogens is 308 g/mol. The van der Waals surface area contributed by atoms with Gasteiger partial charge in [0.15, 0.2) is 5.60 Å². The number of hydrogen-bond acceptors (Lipinski definition) is 4. The Balaban J connectivity index is 3.16. The highest BCUT2D eigenvalue weighted by Crippen LogP contribution is 2.32. The fourth-order valence-electron chi connectivity index (χ4n) is 1.66. The number of hydrogen-bond donors (Lipinski definition) is 0. The lowest BCUT2D eigenvalue weighted by molar-refractivity contribution is -0.253. The van der Waals surface area contributed by atoms with E-state index < -0.39 is 41.2 Å². The Bertz CT molecular complexity index is 570. The standard InChI is InChI=1S/C14H14F4O4/c1-8(19)21-13(2,3)11(20)9-6-4-5-7-10(9)22-14(17,18)12(15)16/h4-7,12H,1-3H3. The van der Waals surface area contributed by atoms with Gasteiger partial charge in [-0.05, 0) is 26.0 Å². The van der Waals surface area contributed by atoms with Crippen molar-refractivity contribution >= 4 is 11.8 Å².